The highest BCUT2D eigenvalue weighted by atomic mass is 16.5. The van der Waals surface area contributed by atoms with Crippen molar-refractivity contribution in [3.63, 3.8) is 0 Å². The Morgan fingerprint density at radius 1 is 1.00 bits per heavy atom. The molecule has 18 heavy (non-hydrogen) atoms. The highest BCUT2D eigenvalue weighted by molar-refractivity contribution is 5.73. The molecule has 2 saturated carbocycles. The van der Waals surface area contributed by atoms with Gasteiger partial charge in [0, 0.05) is 0 Å². The second-order valence-electron chi connectivity index (χ2n) is 6.23. The van der Waals surface area contributed by atoms with Gasteiger partial charge in [-0.1, -0.05) is 25.0 Å². The lowest BCUT2D eigenvalue weighted by atomic mass is 9.78. The molecule has 0 bridgehead atoms. The van der Waals surface area contributed by atoms with Crippen LogP contribution in [0.15, 0.2) is 12.2 Å². The van der Waals surface area contributed by atoms with Crippen LogP contribution in [-0.4, -0.2) is 12.1 Å². The van der Waals surface area contributed by atoms with Crippen molar-refractivity contribution in [1.29, 1.82) is 0 Å². The molecule has 3 aliphatic carbocycles. The standard InChI is InChI=1S/C16H24O2/c17-16(18-13-8-2-1-3-9-13)15-11-5-7-12-6-4-10-14(12)15/h5,7,12-15H,1-4,6,8-11H2/t12-,14+,15+/m0/s1. The highest BCUT2D eigenvalue weighted by Gasteiger charge is 2.39. The zero-order chi connectivity index (χ0) is 12.4. The van der Waals surface area contributed by atoms with Gasteiger partial charge in [0.05, 0.1) is 5.92 Å². The van der Waals surface area contributed by atoms with Gasteiger partial charge in [-0.25, -0.2) is 0 Å². The van der Waals surface area contributed by atoms with Gasteiger partial charge in [-0.05, 0) is 56.8 Å². The maximum Gasteiger partial charge on any atom is 0.309 e. The summed E-state index contributed by atoms with van der Waals surface area (Å²) < 4.78 is 5.77. The number of hydrogen-bond acceptors (Lipinski definition) is 2. The van der Waals surface area contributed by atoms with Gasteiger partial charge in [-0.2, -0.15) is 0 Å². The maximum absolute atomic E-state index is 12.4. The van der Waals surface area contributed by atoms with E-state index < -0.39 is 0 Å². The smallest absolute Gasteiger partial charge is 0.309 e. The molecule has 100 valence electrons. The molecule has 2 fully saturated rings. The van der Waals surface area contributed by atoms with E-state index in [-0.39, 0.29) is 18.0 Å². The van der Waals surface area contributed by atoms with Gasteiger partial charge in [-0.3, -0.25) is 4.79 Å². The summed E-state index contributed by atoms with van der Waals surface area (Å²) >= 11 is 0. The number of carbonyl (C=O) groups excluding carboxylic acids is 1. The van der Waals surface area contributed by atoms with Crippen LogP contribution in [0.1, 0.15) is 57.8 Å². The van der Waals surface area contributed by atoms with Crippen LogP contribution in [0, 0.1) is 17.8 Å². The molecule has 0 N–H and O–H groups in total. The maximum atomic E-state index is 12.4. The first-order chi connectivity index (χ1) is 8.84. The Labute approximate surface area is 110 Å². The van der Waals surface area contributed by atoms with E-state index in [1.54, 1.807) is 0 Å². The Balaban J connectivity index is 1.59. The molecular formula is C16H24O2. The lowest BCUT2D eigenvalue weighted by Gasteiger charge is -2.31. The first-order valence-electron chi connectivity index (χ1n) is 7.72. The third-order valence-corrected chi connectivity index (χ3v) is 5.05. The fourth-order valence-corrected chi connectivity index (χ4v) is 4.04. The minimum absolute atomic E-state index is 0.100. The molecule has 0 aromatic carbocycles. The van der Waals surface area contributed by atoms with Gasteiger partial charge in [-0.15, -0.1) is 0 Å². The van der Waals surface area contributed by atoms with Crippen LogP contribution < -0.4 is 0 Å². The fraction of sp³-hybridized carbons (Fsp3) is 0.812. The Morgan fingerprint density at radius 3 is 2.67 bits per heavy atom. The number of ether oxygens (including phenoxy) is 1. The van der Waals surface area contributed by atoms with Crippen LogP contribution in [0.3, 0.4) is 0 Å². The number of carbonyl (C=O) groups is 1. The molecule has 0 heterocycles. The van der Waals surface area contributed by atoms with E-state index in [1.807, 2.05) is 0 Å². The summed E-state index contributed by atoms with van der Waals surface area (Å²) in [6, 6.07) is 0. The van der Waals surface area contributed by atoms with E-state index in [9.17, 15) is 4.79 Å². The van der Waals surface area contributed by atoms with Crippen molar-refractivity contribution in [2.75, 3.05) is 0 Å². The molecule has 0 amide bonds. The molecule has 0 saturated heterocycles. The van der Waals surface area contributed by atoms with Crippen molar-refractivity contribution in [2.45, 2.75) is 63.9 Å². The quantitative estimate of drug-likeness (QED) is 0.548. The first kappa shape index (κ1) is 12.3. The van der Waals surface area contributed by atoms with Crippen LogP contribution >= 0.6 is 0 Å². The van der Waals surface area contributed by atoms with Gasteiger partial charge in [0.2, 0.25) is 0 Å². The van der Waals surface area contributed by atoms with Crippen molar-refractivity contribution in [2.24, 2.45) is 17.8 Å². The molecule has 0 aliphatic heterocycles. The summed E-state index contributed by atoms with van der Waals surface area (Å²) in [5.41, 5.74) is 0. The third-order valence-electron chi connectivity index (χ3n) is 5.05. The van der Waals surface area contributed by atoms with Crippen molar-refractivity contribution in [3.05, 3.63) is 12.2 Å². The number of rotatable bonds is 2. The first-order valence-corrected chi connectivity index (χ1v) is 7.72. The summed E-state index contributed by atoms with van der Waals surface area (Å²) in [4.78, 5) is 12.4. The van der Waals surface area contributed by atoms with Crippen LogP contribution in [0.4, 0.5) is 0 Å². The Bertz CT molecular complexity index is 328. The average molecular weight is 248 g/mol. The molecule has 0 unspecified atom stereocenters. The van der Waals surface area contributed by atoms with Gasteiger partial charge in [0.1, 0.15) is 6.10 Å². The number of hydrogen-bond donors (Lipinski definition) is 0. The summed E-state index contributed by atoms with van der Waals surface area (Å²) in [6.45, 7) is 0. The number of esters is 1. The fourth-order valence-electron chi connectivity index (χ4n) is 4.04. The van der Waals surface area contributed by atoms with Crippen molar-refractivity contribution in [1.82, 2.24) is 0 Å². The van der Waals surface area contributed by atoms with Gasteiger partial charge in [0.25, 0.3) is 0 Å². The summed E-state index contributed by atoms with van der Waals surface area (Å²) in [5.74, 6) is 1.49. The minimum Gasteiger partial charge on any atom is -0.462 e. The van der Waals surface area contributed by atoms with E-state index in [0.29, 0.717) is 11.8 Å². The monoisotopic (exact) mass is 248 g/mol. The zero-order valence-electron chi connectivity index (χ0n) is 11.1. The number of fused-ring (bicyclic) bond motifs is 1. The zero-order valence-corrected chi connectivity index (χ0v) is 11.1. The molecule has 0 aromatic rings. The van der Waals surface area contributed by atoms with E-state index in [2.05, 4.69) is 12.2 Å². The topological polar surface area (TPSA) is 26.3 Å². The molecule has 0 spiro atoms. The molecule has 0 aromatic heterocycles. The van der Waals surface area contributed by atoms with E-state index in [0.717, 1.165) is 19.3 Å². The Kier molecular flexibility index (Phi) is 3.72. The summed E-state index contributed by atoms with van der Waals surface area (Å²) in [5, 5.41) is 0. The molecule has 2 heteroatoms. The summed E-state index contributed by atoms with van der Waals surface area (Å²) in [7, 11) is 0. The van der Waals surface area contributed by atoms with Crippen LogP contribution in [-0.2, 0) is 9.53 Å². The highest BCUT2D eigenvalue weighted by Crippen LogP contribution is 2.43. The second kappa shape index (κ2) is 5.46. The van der Waals surface area contributed by atoms with Gasteiger partial charge < -0.3 is 4.74 Å². The lowest BCUT2D eigenvalue weighted by Crippen LogP contribution is -2.32. The minimum atomic E-state index is 0.100. The predicted molar refractivity (Wildman–Crippen MR) is 71.0 cm³/mol. The van der Waals surface area contributed by atoms with E-state index in [1.165, 1.54) is 38.5 Å². The predicted octanol–water partition coefficient (Wildman–Crippen LogP) is 3.85. The normalized spacial score (nSPS) is 36.3. The molecule has 0 radical (unpaired) electrons. The van der Waals surface area contributed by atoms with Crippen molar-refractivity contribution in [3.8, 4) is 0 Å². The van der Waals surface area contributed by atoms with E-state index >= 15 is 0 Å². The van der Waals surface area contributed by atoms with Crippen LogP contribution in [0.25, 0.3) is 0 Å². The lowest BCUT2D eigenvalue weighted by molar-refractivity contribution is -0.158. The summed E-state index contributed by atoms with van der Waals surface area (Å²) in [6.07, 6.45) is 15.4. The SMILES string of the molecule is O=C(OC1CCCCC1)[C@@H]1CC=C[C@@H]2CCC[C@H]21. The molecule has 3 aliphatic rings. The van der Waals surface area contributed by atoms with Crippen molar-refractivity contribution >= 4 is 5.97 Å². The molecule has 3 rings (SSSR count). The average Bonchev–Trinajstić information content (AvgIpc) is 2.87. The molecule has 2 nitrogen and oxygen atoms in total. The Hall–Kier alpha value is -0.790. The third kappa shape index (κ3) is 2.48. The second-order valence-corrected chi connectivity index (χ2v) is 6.23. The largest absolute Gasteiger partial charge is 0.462 e. The van der Waals surface area contributed by atoms with Crippen molar-refractivity contribution < 1.29 is 9.53 Å². The van der Waals surface area contributed by atoms with E-state index in [4.69, 9.17) is 4.74 Å². The van der Waals surface area contributed by atoms with Gasteiger partial charge in [0.15, 0.2) is 0 Å². The number of allylic oxidation sites excluding steroid dienone is 2. The molecule has 3 atom stereocenters. The van der Waals surface area contributed by atoms with Crippen LogP contribution in [0.5, 0.6) is 0 Å². The Morgan fingerprint density at radius 2 is 1.83 bits per heavy atom. The molecular weight excluding hydrogens is 224 g/mol. The van der Waals surface area contributed by atoms with Crippen LogP contribution in [0.2, 0.25) is 0 Å². The van der Waals surface area contributed by atoms with Gasteiger partial charge >= 0.3 is 5.97 Å².